The van der Waals surface area contributed by atoms with Crippen LogP contribution in [0.25, 0.3) is 0 Å². The summed E-state index contributed by atoms with van der Waals surface area (Å²) in [6, 6.07) is 0. The van der Waals surface area contributed by atoms with Gasteiger partial charge in [0.1, 0.15) is 0 Å². The van der Waals surface area contributed by atoms with Crippen LogP contribution in [0.4, 0.5) is 0 Å². The predicted molar refractivity (Wildman–Crippen MR) is 67.1 cm³/mol. The maximum atomic E-state index is 11.9. The first-order valence-electron chi connectivity index (χ1n) is 6.03. The molecule has 6 heteroatoms. The van der Waals surface area contributed by atoms with E-state index in [-0.39, 0.29) is 5.91 Å². The SMILES string of the molecule is CC(C)CC(=O)N1CCCN(S(C)(=O)=O)CC1. The molecule has 0 spiro atoms. The number of hydrogen-bond acceptors (Lipinski definition) is 3. The van der Waals surface area contributed by atoms with Crippen molar-refractivity contribution in [3.05, 3.63) is 0 Å². The topological polar surface area (TPSA) is 57.7 Å². The highest BCUT2D eigenvalue weighted by Crippen LogP contribution is 2.10. The van der Waals surface area contributed by atoms with Crippen molar-refractivity contribution in [2.24, 2.45) is 5.92 Å². The Morgan fingerprint density at radius 3 is 2.35 bits per heavy atom. The monoisotopic (exact) mass is 262 g/mol. The molecule has 17 heavy (non-hydrogen) atoms. The Morgan fingerprint density at radius 1 is 1.18 bits per heavy atom. The van der Waals surface area contributed by atoms with Crippen molar-refractivity contribution in [1.82, 2.24) is 9.21 Å². The van der Waals surface area contributed by atoms with Crippen molar-refractivity contribution >= 4 is 15.9 Å². The Balaban J connectivity index is 2.56. The fraction of sp³-hybridized carbons (Fsp3) is 0.909. The molecule has 1 heterocycles. The van der Waals surface area contributed by atoms with Gasteiger partial charge in [-0.3, -0.25) is 4.79 Å². The summed E-state index contributed by atoms with van der Waals surface area (Å²) < 4.78 is 24.3. The van der Waals surface area contributed by atoms with Crippen molar-refractivity contribution in [3.8, 4) is 0 Å². The molecular weight excluding hydrogens is 240 g/mol. The molecule has 1 amide bonds. The first kappa shape index (κ1) is 14.4. The van der Waals surface area contributed by atoms with Gasteiger partial charge in [-0.25, -0.2) is 12.7 Å². The van der Waals surface area contributed by atoms with Crippen LogP contribution in [0.2, 0.25) is 0 Å². The summed E-state index contributed by atoms with van der Waals surface area (Å²) in [6.07, 6.45) is 2.48. The number of amides is 1. The molecular formula is C11H22N2O3S. The number of nitrogens with zero attached hydrogens (tertiary/aromatic N) is 2. The Hall–Kier alpha value is -0.620. The lowest BCUT2D eigenvalue weighted by Gasteiger charge is -2.21. The third-order valence-electron chi connectivity index (χ3n) is 2.86. The zero-order valence-corrected chi connectivity index (χ0v) is 11.7. The number of carbonyl (C=O) groups is 1. The minimum Gasteiger partial charge on any atom is -0.341 e. The predicted octanol–water partition coefficient (Wildman–Crippen LogP) is 0.526. The Bertz CT molecular complexity index is 365. The Morgan fingerprint density at radius 2 is 1.82 bits per heavy atom. The lowest BCUT2D eigenvalue weighted by atomic mass is 10.1. The lowest BCUT2D eigenvalue weighted by molar-refractivity contribution is -0.131. The number of rotatable bonds is 3. The largest absolute Gasteiger partial charge is 0.341 e. The van der Waals surface area contributed by atoms with Gasteiger partial charge in [0, 0.05) is 32.6 Å². The molecule has 0 N–H and O–H groups in total. The van der Waals surface area contributed by atoms with Gasteiger partial charge in [-0.1, -0.05) is 13.8 Å². The molecule has 0 radical (unpaired) electrons. The van der Waals surface area contributed by atoms with E-state index in [1.807, 2.05) is 13.8 Å². The van der Waals surface area contributed by atoms with E-state index in [2.05, 4.69) is 0 Å². The van der Waals surface area contributed by atoms with Crippen LogP contribution in [-0.2, 0) is 14.8 Å². The minimum absolute atomic E-state index is 0.135. The van der Waals surface area contributed by atoms with Gasteiger partial charge < -0.3 is 4.90 Å². The maximum Gasteiger partial charge on any atom is 0.222 e. The minimum atomic E-state index is -3.13. The molecule has 0 aromatic heterocycles. The van der Waals surface area contributed by atoms with Crippen LogP contribution >= 0.6 is 0 Å². The van der Waals surface area contributed by atoms with E-state index in [9.17, 15) is 13.2 Å². The molecule has 1 fully saturated rings. The molecule has 1 rings (SSSR count). The van der Waals surface area contributed by atoms with Crippen LogP contribution in [0, 0.1) is 5.92 Å². The van der Waals surface area contributed by atoms with Gasteiger partial charge in [0.2, 0.25) is 15.9 Å². The summed E-state index contributed by atoms with van der Waals surface area (Å²) in [7, 11) is -3.13. The average molecular weight is 262 g/mol. The van der Waals surface area contributed by atoms with Crippen molar-refractivity contribution in [3.63, 3.8) is 0 Å². The molecule has 100 valence electrons. The van der Waals surface area contributed by atoms with Gasteiger partial charge in [-0.15, -0.1) is 0 Å². The molecule has 0 unspecified atom stereocenters. The fourth-order valence-corrected chi connectivity index (χ4v) is 2.83. The quantitative estimate of drug-likeness (QED) is 0.745. The summed E-state index contributed by atoms with van der Waals surface area (Å²) in [5.41, 5.74) is 0. The van der Waals surface area contributed by atoms with E-state index < -0.39 is 10.0 Å². The van der Waals surface area contributed by atoms with Crippen LogP contribution in [0.1, 0.15) is 26.7 Å². The van der Waals surface area contributed by atoms with E-state index in [0.717, 1.165) is 6.42 Å². The Labute approximate surface area is 104 Å². The van der Waals surface area contributed by atoms with E-state index in [1.165, 1.54) is 10.6 Å². The number of hydrogen-bond donors (Lipinski definition) is 0. The second-order valence-corrected chi connectivity index (χ2v) is 6.98. The fourth-order valence-electron chi connectivity index (χ4n) is 1.95. The van der Waals surface area contributed by atoms with E-state index in [4.69, 9.17) is 0 Å². The normalized spacial score (nSPS) is 19.4. The van der Waals surface area contributed by atoms with Gasteiger partial charge >= 0.3 is 0 Å². The van der Waals surface area contributed by atoms with Crippen molar-refractivity contribution in [1.29, 1.82) is 0 Å². The summed E-state index contributed by atoms with van der Waals surface area (Å²) in [4.78, 5) is 13.7. The molecule has 1 aliphatic rings. The second-order valence-electron chi connectivity index (χ2n) is 4.99. The third kappa shape index (κ3) is 4.63. The highest BCUT2D eigenvalue weighted by Gasteiger charge is 2.23. The van der Waals surface area contributed by atoms with Gasteiger partial charge in [-0.2, -0.15) is 0 Å². The van der Waals surface area contributed by atoms with Gasteiger partial charge in [-0.05, 0) is 12.3 Å². The van der Waals surface area contributed by atoms with Crippen LogP contribution in [0.3, 0.4) is 0 Å². The highest BCUT2D eigenvalue weighted by atomic mass is 32.2. The van der Waals surface area contributed by atoms with Crippen LogP contribution in [0.5, 0.6) is 0 Å². The van der Waals surface area contributed by atoms with Crippen molar-refractivity contribution in [2.75, 3.05) is 32.4 Å². The summed E-state index contributed by atoms with van der Waals surface area (Å²) in [5, 5.41) is 0. The van der Waals surface area contributed by atoms with Crippen molar-refractivity contribution < 1.29 is 13.2 Å². The zero-order chi connectivity index (χ0) is 13.1. The maximum absolute atomic E-state index is 11.9. The van der Waals surface area contributed by atoms with E-state index in [0.29, 0.717) is 38.5 Å². The van der Waals surface area contributed by atoms with Gasteiger partial charge in [0.25, 0.3) is 0 Å². The van der Waals surface area contributed by atoms with Gasteiger partial charge in [0.15, 0.2) is 0 Å². The van der Waals surface area contributed by atoms with Gasteiger partial charge in [0.05, 0.1) is 6.26 Å². The molecule has 1 aliphatic heterocycles. The molecule has 1 saturated heterocycles. The second kappa shape index (κ2) is 5.82. The van der Waals surface area contributed by atoms with Crippen LogP contribution in [-0.4, -0.2) is 56.0 Å². The summed E-state index contributed by atoms with van der Waals surface area (Å²) in [5.74, 6) is 0.479. The van der Waals surface area contributed by atoms with Crippen LogP contribution in [0.15, 0.2) is 0 Å². The first-order valence-corrected chi connectivity index (χ1v) is 7.88. The smallest absolute Gasteiger partial charge is 0.222 e. The van der Waals surface area contributed by atoms with E-state index >= 15 is 0 Å². The van der Waals surface area contributed by atoms with Crippen molar-refractivity contribution in [2.45, 2.75) is 26.7 Å². The molecule has 0 aromatic rings. The molecule has 0 atom stereocenters. The lowest BCUT2D eigenvalue weighted by Crippen LogP contribution is -2.37. The summed E-state index contributed by atoms with van der Waals surface area (Å²) in [6.45, 7) is 6.14. The first-order chi connectivity index (χ1) is 7.80. The van der Waals surface area contributed by atoms with Crippen LogP contribution < -0.4 is 0 Å². The highest BCUT2D eigenvalue weighted by molar-refractivity contribution is 7.88. The average Bonchev–Trinajstić information content (AvgIpc) is 2.40. The number of carbonyl (C=O) groups excluding carboxylic acids is 1. The molecule has 5 nitrogen and oxygen atoms in total. The molecule has 0 aliphatic carbocycles. The molecule has 0 bridgehead atoms. The number of sulfonamides is 1. The molecule has 0 aromatic carbocycles. The Kier molecular flexibility index (Phi) is 4.94. The third-order valence-corrected chi connectivity index (χ3v) is 4.16. The van der Waals surface area contributed by atoms with E-state index in [1.54, 1.807) is 4.90 Å². The summed E-state index contributed by atoms with van der Waals surface area (Å²) >= 11 is 0. The zero-order valence-electron chi connectivity index (χ0n) is 10.8. The molecule has 0 saturated carbocycles. The standard InChI is InChI=1S/C11H22N2O3S/c1-10(2)9-11(14)12-5-4-6-13(8-7-12)17(3,15)16/h10H,4-9H2,1-3H3.